The summed E-state index contributed by atoms with van der Waals surface area (Å²) in [7, 11) is 0. The summed E-state index contributed by atoms with van der Waals surface area (Å²) >= 11 is 6.10. The molecule has 4 nitrogen and oxygen atoms in total. The van der Waals surface area contributed by atoms with Crippen molar-refractivity contribution in [1.29, 1.82) is 0 Å². The third-order valence-electron chi connectivity index (χ3n) is 5.54. The zero-order valence-corrected chi connectivity index (χ0v) is 19.8. The van der Waals surface area contributed by atoms with Crippen molar-refractivity contribution in [2.75, 3.05) is 6.61 Å². The fraction of sp³-hybridized carbons (Fsp3) is 0.214. The van der Waals surface area contributed by atoms with E-state index in [9.17, 15) is 9.59 Å². The second kappa shape index (κ2) is 8.87. The highest BCUT2D eigenvalue weighted by Gasteiger charge is 2.21. The molecule has 33 heavy (non-hydrogen) atoms. The molecular weight excluding hydrogens is 436 g/mol. The predicted octanol–water partition coefficient (Wildman–Crippen LogP) is 6.98. The van der Waals surface area contributed by atoms with Gasteiger partial charge in [-0.25, -0.2) is 0 Å². The quantitative estimate of drug-likeness (QED) is 0.301. The van der Waals surface area contributed by atoms with Gasteiger partial charge in [-0.15, -0.1) is 0 Å². The number of carbonyl (C=O) groups is 1. The number of hydrogen-bond acceptors (Lipinski definition) is 4. The van der Waals surface area contributed by atoms with Crippen LogP contribution >= 0.6 is 11.6 Å². The Balaban J connectivity index is 1.77. The van der Waals surface area contributed by atoms with Crippen molar-refractivity contribution in [1.82, 2.24) is 0 Å². The van der Waals surface area contributed by atoms with Gasteiger partial charge in [0.25, 0.3) is 0 Å². The zero-order chi connectivity index (χ0) is 23.8. The Morgan fingerprint density at radius 1 is 0.970 bits per heavy atom. The molecule has 5 heteroatoms. The first-order chi connectivity index (χ1) is 15.6. The normalized spacial score (nSPS) is 11.5. The summed E-state index contributed by atoms with van der Waals surface area (Å²) in [4.78, 5) is 26.0. The Labute approximate surface area is 197 Å². The van der Waals surface area contributed by atoms with E-state index in [2.05, 4.69) is 20.8 Å². The minimum Gasteiger partial charge on any atom is -0.478 e. The van der Waals surface area contributed by atoms with Crippen LogP contribution in [0.1, 0.15) is 42.3 Å². The van der Waals surface area contributed by atoms with Gasteiger partial charge in [-0.2, -0.15) is 0 Å². The molecule has 0 spiro atoms. The highest BCUT2D eigenvalue weighted by atomic mass is 35.5. The van der Waals surface area contributed by atoms with Gasteiger partial charge >= 0.3 is 0 Å². The van der Waals surface area contributed by atoms with Gasteiger partial charge in [-0.05, 0) is 36.1 Å². The molecule has 0 fully saturated rings. The summed E-state index contributed by atoms with van der Waals surface area (Å²) in [6.07, 6.45) is 0. The molecule has 0 aliphatic carbocycles. The maximum Gasteiger partial charge on any atom is 0.235 e. The molecule has 0 unspecified atom stereocenters. The second-order valence-corrected chi connectivity index (χ2v) is 9.57. The highest BCUT2D eigenvalue weighted by molar-refractivity contribution is 6.31. The molecular formula is C28H25ClO4. The van der Waals surface area contributed by atoms with Crippen molar-refractivity contribution in [3.05, 3.63) is 98.7 Å². The average Bonchev–Trinajstić information content (AvgIpc) is 2.78. The van der Waals surface area contributed by atoms with E-state index in [-0.39, 0.29) is 34.7 Å². The molecule has 1 heterocycles. The lowest BCUT2D eigenvalue weighted by molar-refractivity contribution is 0.0920. The maximum absolute atomic E-state index is 13.3. The standard InChI is InChI=1S/C28H25ClO4/c1-17-5-7-18(8-6-17)23(30)16-32-27-25(31)22-15-21(29)13-14-24(22)33-26(27)19-9-11-20(12-10-19)28(2,3)4/h5-15H,16H2,1-4H3. The first kappa shape index (κ1) is 22.8. The topological polar surface area (TPSA) is 56.5 Å². The van der Waals surface area contributed by atoms with Crippen LogP contribution in [0.25, 0.3) is 22.3 Å². The SMILES string of the molecule is Cc1ccc(C(=O)COc2c(-c3ccc(C(C)(C)C)cc3)oc3ccc(Cl)cc3c2=O)cc1. The lowest BCUT2D eigenvalue weighted by atomic mass is 9.86. The van der Waals surface area contributed by atoms with Gasteiger partial charge in [0, 0.05) is 16.1 Å². The zero-order valence-electron chi connectivity index (χ0n) is 19.1. The second-order valence-electron chi connectivity index (χ2n) is 9.14. The van der Waals surface area contributed by atoms with Gasteiger partial charge in [0.2, 0.25) is 11.2 Å². The minimum atomic E-state index is -0.370. The van der Waals surface area contributed by atoms with Crippen LogP contribution in [-0.4, -0.2) is 12.4 Å². The van der Waals surface area contributed by atoms with Crippen LogP contribution in [0, 0.1) is 6.92 Å². The molecule has 0 aliphatic heterocycles. The third-order valence-corrected chi connectivity index (χ3v) is 5.78. The Kier molecular flexibility index (Phi) is 6.13. The van der Waals surface area contributed by atoms with Crippen molar-refractivity contribution in [2.24, 2.45) is 0 Å². The van der Waals surface area contributed by atoms with Gasteiger partial charge in [0.15, 0.2) is 18.2 Å². The first-order valence-corrected chi connectivity index (χ1v) is 11.1. The molecule has 168 valence electrons. The van der Waals surface area contributed by atoms with Crippen molar-refractivity contribution < 1.29 is 13.9 Å². The number of aryl methyl sites for hydroxylation is 1. The summed E-state index contributed by atoms with van der Waals surface area (Å²) < 4.78 is 11.9. The maximum atomic E-state index is 13.3. The number of hydrogen-bond donors (Lipinski definition) is 0. The summed E-state index contributed by atoms with van der Waals surface area (Å²) in [6.45, 7) is 8.06. The van der Waals surface area contributed by atoms with E-state index in [1.54, 1.807) is 30.3 Å². The number of halogens is 1. The number of carbonyl (C=O) groups excluding carboxylic acids is 1. The van der Waals surface area contributed by atoms with E-state index >= 15 is 0 Å². The van der Waals surface area contributed by atoms with Gasteiger partial charge < -0.3 is 9.15 Å². The fourth-order valence-corrected chi connectivity index (χ4v) is 3.73. The lowest BCUT2D eigenvalue weighted by Gasteiger charge is -2.19. The van der Waals surface area contributed by atoms with Crippen LogP contribution in [-0.2, 0) is 5.41 Å². The van der Waals surface area contributed by atoms with Crippen LogP contribution in [0.5, 0.6) is 5.75 Å². The Morgan fingerprint density at radius 3 is 2.27 bits per heavy atom. The van der Waals surface area contributed by atoms with Crippen molar-refractivity contribution in [3.63, 3.8) is 0 Å². The average molecular weight is 461 g/mol. The van der Waals surface area contributed by atoms with Crippen LogP contribution in [0.2, 0.25) is 5.02 Å². The molecule has 0 atom stereocenters. The Hall–Kier alpha value is -3.37. The van der Waals surface area contributed by atoms with Crippen molar-refractivity contribution in [2.45, 2.75) is 33.1 Å². The monoisotopic (exact) mass is 460 g/mol. The van der Waals surface area contributed by atoms with Crippen LogP contribution < -0.4 is 10.2 Å². The van der Waals surface area contributed by atoms with Gasteiger partial charge in [0.1, 0.15) is 5.58 Å². The molecule has 0 amide bonds. The largest absolute Gasteiger partial charge is 0.478 e. The summed E-state index contributed by atoms with van der Waals surface area (Å²) in [5, 5.41) is 0.717. The molecule has 3 aromatic carbocycles. The first-order valence-electron chi connectivity index (χ1n) is 10.7. The molecule has 0 bridgehead atoms. The highest BCUT2D eigenvalue weighted by Crippen LogP contribution is 2.33. The van der Waals surface area contributed by atoms with Crippen LogP contribution in [0.4, 0.5) is 0 Å². The van der Waals surface area contributed by atoms with Crippen molar-refractivity contribution >= 4 is 28.4 Å². The number of fused-ring (bicyclic) bond motifs is 1. The van der Waals surface area contributed by atoms with E-state index < -0.39 is 0 Å². The Bertz CT molecular complexity index is 1380. The molecule has 0 N–H and O–H groups in total. The molecule has 0 saturated carbocycles. The van der Waals surface area contributed by atoms with Gasteiger partial charge in [-0.1, -0.05) is 86.5 Å². The molecule has 1 aromatic heterocycles. The number of Topliss-reactive ketones (excluding diaryl/α,β-unsaturated/α-hetero) is 1. The third kappa shape index (κ3) is 4.86. The summed E-state index contributed by atoms with van der Waals surface area (Å²) in [5.74, 6) is 0.0512. The number of rotatable bonds is 5. The minimum absolute atomic E-state index is 0.00580. The van der Waals surface area contributed by atoms with E-state index in [0.717, 1.165) is 11.1 Å². The van der Waals surface area contributed by atoms with Gasteiger partial charge in [-0.3, -0.25) is 9.59 Å². The molecule has 4 rings (SSSR count). The Morgan fingerprint density at radius 2 is 1.64 bits per heavy atom. The number of ether oxygens (including phenoxy) is 1. The fourth-order valence-electron chi connectivity index (χ4n) is 3.55. The predicted molar refractivity (Wildman–Crippen MR) is 133 cm³/mol. The number of benzene rings is 3. The molecule has 0 aliphatic rings. The van der Waals surface area contributed by atoms with Crippen LogP contribution in [0.15, 0.2) is 75.9 Å². The smallest absolute Gasteiger partial charge is 0.235 e. The van der Waals surface area contributed by atoms with E-state index in [4.69, 9.17) is 20.8 Å². The molecule has 0 radical (unpaired) electrons. The lowest BCUT2D eigenvalue weighted by Crippen LogP contribution is -2.17. The molecule has 4 aromatic rings. The summed E-state index contributed by atoms with van der Waals surface area (Å²) in [5.41, 5.74) is 3.43. The number of ketones is 1. The van der Waals surface area contributed by atoms with E-state index in [0.29, 0.717) is 27.1 Å². The van der Waals surface area contributed by atoms with Gasteiger partial charge in [0.05, 0.1) is 5.39 Å². The summed E-state index contributed by atoms with van der Waals surface area (Å²) in [6, 6.07) is 19.9. The molecule has 0 saturated heterocycles. The van der Waals surface area contributed by atoms with Crippen LogP contribution in [0.3, 0.4) is 0 Å². The van der Waals surface area contributed by atoms with E-state index in [1.165, 1.54) is 0 Å². The van der Waals surface area contributed by atoms with E-state index in [1.807, 2.05) is 43.3 Å². The van der Waals surface area contributed by atoms with Crippen molar-refractivity contribution in [3.8, 4) is 17.1 Å².